The van der Waals surface area contributed by atoms with Crippen LogP contribution < -0.4 is 9.80 Å². The predicted molar refractivity (Wildman–Crippen MR) is 153 cm³/mol. The van der Waals surface area contributed by atoms with Crippen molar-refractivity contribution in [3.8, 4) is 5.75 Å². The fourth-order valence-corrected chi connectivity index (χ4v) is 4.01. The fraction of sp³-hybridized carbons (Fsp3) is 0.226. The maximum absolute atomic E-state index is 12.7. The van der Waals surface area contributed by atoms with Gasteiger partial charge in [0.15, 0.2) is 0 Å². The quantitative estimate of drug-likeness (QED) is 0.0884. The summed E-state index contributed by atoms with van der Waals surface area (Å²) >= 11 is 0. The normalized spacial score (nSPS) is 11.9. The van der Waals surface area contributed by atoms with Gasteiger partial charge in [0.1, 0.15) is 19.0 Å². The summed E-state index contributed by atoms with van der Waals surface area (Å²) in [6.45, 7) is 4.70. The van der Waals surface area contributed by atoms with Crippen molar-refractivity contribution >= 4 is 39.8 Å². The number of esters is 1. The van der Waals surface area contributed by atoms with E-state index in [9.17, 15) is 9.59 Å². The number of carboxylic acid groups (broad SMARTS) is 1. The molecule has 0 amide bonds. The summed E-state index contributed by atoms with van der Waals surface area (Å²) in [6.07, 6.45) is 0. The number of carbonyl (C=O) groups is 2. The molecule has 1 N–H and O–H groups in total. The van der Waals surface area contributed by atoms with Gasteiger partial charge in [-0.2, -0.15) is 10.2 Å². The van der Waals surface area contributed by atoms with E-state index in [0.717, 1.165) is 27.8 Å². The Balaban J connectivity index is 1.26. The van der Waals surface area contributed by atoms with Crippen molar-refractivity contribution in [3.63, 3.8) is 0 Å². The smallest absolute Gasteiger partial charge is 0.335 e. The summed E-state index contributed by atoms with van der Waals surface area (Å²) in [6, 6.07) is 25.2. The molecule has 0 aliphatic heterocycles. The molecule has 0 aliphatic carbocycles. The van der Waals surface area contributed by atoms with E-state index in [1.54, 1.807) is 36.4 Å². The van der Waals surface area contributed by atoms with Crippen LogP contribution >= 0.6 is 0 Å². The Morgan fingerprint density at radius 1 is 0.850 bits per heavy atom. The second-order valence-electron chi connectivity index (χ2n) is 8.96. The van der Waals surface area contributed by atoms with E-state index in [2.05, 4.69) is 10.2 Å². The molecular weight excluding hydrogens is 510 g/mol. The number of aromatic carboxylic acids is 1. The molecule has 40 heavy (non-hydrogen) atoms. The van der Waals surface area contributed by atoms with E-state index in [-0.39, 0.29) is 24.7 Å². The van der Waals surface area contributed by atoms with Crippen LogP contribution in [-0.4, -0.2) is 43.9 Å². The number of benzene rings is 4. The van der Waals surface area contributed by atoms with Crippen molar-refractivity contribution < 1.29 is 29.0 Å². The zero-order valence-corrected chi connectivity index (χ0v) is 22.6. The number of carboxylic acids is 1. The highest BCUT2D eigenvalue weighted by molar-refractivity contribution is 5.88. The van der Waals surface area contributed by atoms with Gasteiger partial charge in [-0.05, 0) is 90.8 Å². The number of azo groups is 1. The van der Waals surface area contributed by atoms with Gasteiger partial charge in [-0.3, -0.25) is 14.7 Å². The molecule has 0 aliphatic rings. The minimum atomic E-state index is -0.988. The number of carbonyl (C=O) groups excluding carboxylic acids is 1. The molecule has 0 unspecified atom stereocenters. The first-order valence-electron chi connectivity index (χ1n) is 12.9. The van der Waals surface area contributed by atoms with Gasteiger partial charge in [0.2, 0.25) is 0 Å². The zero-order valence-electron chi connectivity index (χ0n) is 22.6. The largest absolute Gasteiger partial charge is 0.497 e. The van der Waals surface area contributed by atoms with Gasteiger partial charge in [0, 0.05) is 6.54 Å². The SMILES string of the molecule is CCN(OCCOC(=O)[C@@H](C)c1ccc2cc(OC)ccc2c1)c1ccc(N=Nc2ccc(C(=O)O)cc2)cc1. The van der Waals surface area contributed by atoms with E-state index in [4.69, 9.17) is 19.4 Å². The lowest BCUT2D eigenvalue weighted by molar-refractivity contribution is -0.146. The third-order valence-corrected chi connectivity index (χ3v) is 6.32. The highest BCUT2D eigenvalue weighted by Crippen LogP contribution is 2.26. The standard InChI is InChI=1S/C31H31N3O6/c1-4-34(28-14-12-27(13-15-28)33-32-26-10-7-22(8-11-26)30(35)36)40-18-17-39-31(37)21(2)23-5-6-25-20-29(38-3)16-9-24(25)19-23/h5-16,19-21H,4,17-18H2,1-3H3,(H,35,36)/t21-/m0/s1. The molecule has 9 heteroatoms. The number of ether oxygens (including phenoxy) is 2. The molecule has 9 nitrogen and oxygen atoms in total. The number of nitrogens with zero attached hydrogens (tertiary/aromatic N) is 3. The molecule has 0 radical (unpaired) electrons. The molecule has 0 saturated carbocycles. The number of methoxy groups -OCH3 is 1. The lowest BCUT2D eigenvalue weighted by atomic mass is 9.98. The molecule has 0 bridgehead atoms. The molecule has 0 heterocycles. The topological polar surface area (TPSA) is 110 Å². The van der Waals surface area contributed by atoms with Crippen LogP contribution in [-0.2, 0) is 14.4 Å². The van der Waals surface area contributed by atoms with Gasteiger partial charge < -0.3 is 14.6 Å². The summed E-state index contributed by atoms with van der Waals surface area (Å²) in [4.78, 5) is 29.4. The Morgan fingerprint density at radius 2 is 1.48 bits per heavy atom. The molecule has 4 aromatic carbocycles. The molecule has 4 aromatic rings. The van der Waals surface area contributed by atoms with Crippen molar-refractivity contribution in [1.82, 2.24) is 0 Å². The van der Waals surface area contributed by atoms with Crippen LogP contribution in [0.1, 0.15) is 35.7 Å². The van der Waals surface area contributed by atoms with E-state index in [0.29, 0.717) is 17.9 Å². The summed E-state index contributed by atoms with van der Waals surface area (Å²) in [5.74, 6) is -0.924. The predicted octanol–water partition coefficient (Wildman–Crippen LogP) is 7.07. The van der Waals surface area contributed by atoms with Crippen LogP contribution in [0.4, 0.5) is 17.1 Å². The number of fused-ring (bicyclic) bond motifs is 1. The maximum Gasteiger partial charge on any atom is 0.335 e. The second-order valence-corrected chi connectivity index (χ2v) is 8.96. The Bertz CT molecular complexity index is 1490. The number of hydrogen-bond donors (Lipinski definition) is 1. The first-order valence-corrected chi connectivity index (χ1v) is 12.9. The van der Waals surface area contributed by atoms with Crippen molar-refractivity contribution in [2.45, 2.75) is 19.8 Å². The number of hydroxylamine groups is 1. The lowest BCUT2D eigenvalue weighted by Crippen LogP contribution is -2.26. The average Bonchev–Trinajstić information content (AvgIpc) is 2.99. The first kappa shape index (κ1) is 28.3. The number of hydrogen-bond acceptors (Lipinski definition) is 8. The molecule has 4 rings (SSSR count). The minimum Gasteiger partial charge on any atom is -0.497 e. The Labute approximate surface area is 232 Å². The first-order chi connectivity index (χ1) is 19.4. The van der Waals surface area contributed by atoms with E-state index >= 15 is 0 Å². The van der Waals surface area contributed by atoms with Gasteiger partial charge in [-0.15, -0.1) is 0 Å². The molecule has 206 valence electrons. The second kappa shape index (κ2) is 13.3. The van der Waals surface area contributed by atoms with Crippen LogP contribution in [0, 0.1) is 0 Å². The maximum atomic E-state index is 12.7. The Kier molecular flexibility index (Phi) is 9.43. The Hall–Kier alpha value is -4.76. The van der Waals surface area contributed by atoms with Gasteiger partial charge >= 0.3 is 11.9 Å². The highest BCUT2D eigenvalue weighted by Gasteiger charge is 2.17. The van der Waals surface area contributed by atoms with E-state index < -0.39 is 11.9 Å². The summed E-state index contributed by atoms with van der Waals surface area (Å²) in [7, 11) is 1.64. The summed E-state index contributed by atoms with van der Waals surface area (Å²) < 4.78 is 10.8. The van der Waals surface area contributed by atoms with Crippen LogP contribution in [0.3, 0.4) is 0 Å². The summed E-state index contributed by atoms with van der Waals surface area (Å²) in [5.41, 5.74) is 3.09. The fourth-order valence-electron chi connectivity index (χ4n) is 4.01. The van der Waals surface area contributed by atoms with Crippen molar-refractivity contribution in [1.29, 1.82) is 0 Å². The van der Waals surface area contributed by atoms with E-state index in [1.165, 1.54) is 12.1 Å². The van der Waals surface area contributed by atoms with Crippen molar-refractivity contribution in [2.75, 3.05) is 31.9 Å². The lowest BCUT2D eigenvalue weighted by Gasteiger charge is -2.22. The van der Waals surface area contributed by atoms with Crippen LogP contribution in [0.15, 0.2) is 95.2 Å². The van der Waals surface area contributed by atoms with Gasteiger partial charge in [-0.25, -0.2) is 4.79 Å². The van der Waals surface area contributed by atoms with E-state index in [1.807, 2.05) is 62.4 Å². The van der Waals surface area contributed by atoms with Crippen LogP contribution in [0.25, 0.3) is 10.8 Å². The molecule has 1 atom stereocenters. The van der Waals surface area contributed by atoms with Gasteiger partial charge in [0.25, 0.3) is 0 Å². The number of rotatable bonds is 12. The molecule has 0 aromatic heterocycles. The summed E-state index contributed by atoms with van der Waals surface area (Å²) in [5, 5.41) is 21.1. The molecule has 0 fully saturated rings. The molecule has 0 saturated heterocycles. The zero-order chi connectivity index (χ0) is 28.5. The molecular formula is C31H31N3O6. The monoisotopic (exact) mass is 541 g/mol. The molecule has 0 spiro atoms. The van der Waals surface area contributed by atoms with Gasteiger partial charge in [0.05, 0.1) is 35.7 Å². The highest BCUT2D eigenvalue weighted by atomic mass is 16.7. The van der Waals surface area contributed by atoms with Crippen molar-refractivity contribution in [3.05, 3.63) is 96.1 Å². The number of anilines is 1. The van der Waals surface area contributed by atoms with Crippen LogP contribution in [0.5, 0.6) is 5.75 Å². The average molecular weight is 542 g/mol. The Morgan fingerprint density at radius 3 is 2.10 bits per heavy atom. The third-order valence-electron chi connectivity index (χ3n) is 6.32. The van der Waals surface area contributed by atoms with Crippen LogP contribution in [0.2, 0.25) is 0 Å². The van der Waals surface area contributed by atoms with Gasteiger partial charge in [-0.1, -0.05) is 24.3 Å². The third kappa shape index (κ3) is 7.21. The minimum absolute atomic E-state index is 0.122. The van der Waals surface area contributed by atoms with Crippen molar-refractivity contribution in [2.24, 2.45) is 10.2 Å².